The van der Waals surface area contributed by atoms with Gasteiger partial charge in [-0.25, -0.2) is 0 Å². The van der Waals surface area contributed by atoms with Crippen molar-refractivity contribution < 1.29 is 4.79 Å². The molecule has 70 valence electrons. The van der Waals surface area contributed by atoms with Gasteiger partial charge in [0.25, 0.3) is 0 Å². The molecule has 0 aliphatic heterocycles. The van der Waals surface area contributed by atoms with Crippen molar-refractivity contribution >= 4 is 5.91 Å². The van der Waals surface area contributed by atoms with Crippen LogP contribution in [0.1, 0.15) is 26.7 Å². The smallest absolute Gasteiger partial charge is 0.244 e. The Labute approximate surface area is 74.0 Å². The fourth-order valence-corrected chi connectivity index (χ4v) is 0.823. The predicted molar refractivity (Wildman–Crippen MR) is 50.7 cm³/mol. The van der Waals surface area contributed by atoms with Crippen molar-refractivity contribution in [2.24, 2.45) is 5.73 Å². The van der Waals surface area contributed by atoms with Gasteiger partial charge in [-0.3, -0.25) is 4.79 Å². The van der Waals surface area contributed by atoms with Gasteiger partial charge in [0, 0.05) is 5.57 Å². The van der Waals surface area contributed by atoms with Gasteiger partial charge in [0.05, 0.1) is 0 Å². The summed E-state index contributed by atoms with van der Waals surface area (Å²) in [7, 11) is 0. The van der Waals surface area contributed by atoms with Gasteiger partial charge in [0.2, 0.25) is 5.91 Å². The molecule has 0 saturated heterocycles. The summed E-state index contributed by atoms with van der Waals surface area (Å²) in [6.45, 7) is 5.82. The molecule has 0 aromatic rings. The molecule has 0 radical (unpaired) electrons. The normalized spacial score (nSPS) is 11.7. The highest BCUT2D eigenvalue weighted by atomic mass is 16.1. The van der Waals surface area contributed by atoms with Gasteiger partial charge in [-0.2, -0.15) is 0 Å². The fourth-order valence-electron chi connectivity index (χ4n) is 0.823. The van der Waals surface area contributed by atoms with E-state index in [1.807, 2.05) is 6.08 Å². The first-order valence-electron chi connectivity index (χ1n) is 4.35. The number of allylic oxidation sites excluding steroid dienone is 1. The molecule has 1 amide bonds. The largest absolute Gasteiger partial charge is 0.366 e. The zero-order valence-corrected chi connectivity index (χ0v) is 7.89. The number of amides is 1. The first kappa shape index (κ1) is 11.2. The summed E-state index contributed by atoms with van der Waals surface area (Å²) in [5, 5.41) is 3.21. The highest BCUT2D eigenvalue weighted by Crippen LogP contribution is 1.96. The van der Waals surface area contributed by atoms with Gasteiger partial charge in [0.15, 0.2) is 0 Å². The number of nitrogens with one attached hydrogen (secondary N) is 1. The third-order valence-electron chi connectivity index (χ3n) is 1.65. The van der Waals surface area contributed by atoms with Crippen molar-refractivity contribution in [1.29, 1.82) is 0 Å². The maximum atomic E-state index is 10.6. The van der Waals surface area contributed by atoms with Crippen molar-refractivity contribution in [3.63, 3.8) is 0 Å². The maximum absolute atomic E-state index is 10.6. The Morgan fingerprint density at radius 3 is 2.75 bits per heavy atom. The van der Waals surface area contributed by atoms with Crippen molar-refractivity contribution in [3.8, 4) is 0 Å². The topological polar surface area (TPSA) is 55.1 Å². The van der Waals surface area contributed by atoms with E-state index >= 15 is 0 Å². The minimum atomic E-state index is -0.321. The van der Waals surface area contributed by atoms with E-state index in [0.717, 1.165) is 25.9 Å². The Kier molecular flexibility index (Phi) is 6.38. The van der Waals surface area contributed by atoms with E-state index < -0.39 is 0 Å². The molecular weight excluding hydrogens is 152 g/mol. The van der Waals surface area contributed by atoms with E-state index in [2.05, 4.69) is 12.2 Å². The molecule has 0 heterocycles. The van der Waals surface area contributed by atoms with E-state index in [-0.39, 0.29) is 5.91 Å². The van der Waals surface area contributed by atoms with E-state index in [9.17, 15) is 4.79 Å². The average Bonchev–Trinajstić information content (AvgIpc) is 2.03. The Morgan fingerprint density at radius 2 is 2.25 bits per heavy atom. The maximum Gasteiger partial charge on any atom is 0.244 e. The molecule has 3 heteroatoms. The van der Waals surface area contributed by atoms with E-state index in [1.165, 1.54) is 0 Å². The van der Waals surface area contributed by atoms with Gasteiger partial charge in [-0.1, -0.05) is 13.0 Å². The summed E-state index contributed by atoms with van der Waals surface area (Å²) in [6, 6.07) is 0. The Bertz CT molecular complexity index is 164. The summed E-state index contributed by atoms with van der Waals surface area (Å²) < 4.78 is 0. The second-order valence-electron chi connectivity index (χ2n) is 2.75. The van der Waals surface area contributed by atoms with Crippen molar-refractivity contribution in [2.45, 2.75) is 26.7 Å². The van der Waals surface area contributed by atoms with Crippen LogP contribution in [0.5, 0.6) is 0 Å². The van der Waals surface area contributed by atoms with Crippen LogP contribution in [0.3, 0.4) is 0 Å². The molecule has 12 heavy (non-hydrogen) atoms. The molecule has 3 nitrogen and oxygen atoms in total. The van der Waals surface area contributed by atoms with Gasteiger partial charge >= 0.3 is 0 Å². The Hall–Kier alpha value is -0.830. The monoisotopic (exact) mass is 170 g/mol. The van der Waals surface area contributed by atoms with Crippen LogP contribution < -0.4 is 11.1 Å². The van der Waals surface area contributed by atoms with E-state index in [4.69, 9.17) is 5.73 Å². The van der Waals surface area contributed by atoms with Gasteiger partial charge in [-0.05, 0) is 32.9 Å². The van der Waals surface area contributed by atoms with E-state index in [1.54, 1.807) is 6.92 Å². The summed E-state index contributed by atoms with van der Waals surface area (Å²) in [5.41, 5.74) is 5.71. The van der Waals surface area contributed by atoms with Crippen LogP contribution in [-0.4, -0.2) is 19.0 Å². The lowest BCUT2D eigenvalue weighted by Crippen LogP contribution is -2.14. The number of hydrogen-bond donors (Lipinski definition) is 2. The average molecular weight is 170 g/mol. The fraction of sp³-hybridized carbons (Fsp3) is 0.667. The molecule has 0 rings (SSSR count). The predicted octanol–water partition coefficient (Wildman–Crippen LogP) is 0.808. The number of nitrogens with two attached hydrogens (primary N) is 1. The third kappa shape index (κ3) is 5.92. The van der Waals surface area contributed by atoms with Crippen LogP contribution in [0, 0.1) is 0 Å². The lowest BCUT2D eigenvalue weighted by molar-refractivity contribution is -0.114. The molecule has 0 unspecified atom stereocenters. The summed E-state index contributed by atoms with van der Waals surface area (Å²) in [4.78, 5) is 10.6. The third-order valence-corrected chi connectivity index (χ3v) is 1.65. The zero-order valence-electron chi connectivity index (χ0n) is 7.89. The lowest BCUT2D eigenvalue weighted by atomic mass is 10.2. The summed E-state index contributed by atoms with van der Waals surface area (Å²) >= 11 is 0. The van der Waals surface area contributed by atoms with Gasteiger partial charge < -0.3 is 11.1 Å². The molecule has 0 spiro atoms. The van der Waals surface area contributed by atoms with Crippen molar-refractivity contribution in [2.75, 3.05) is 13.1 Å². The standard InChI is InChI=1S/C9H18N2O/c1-3-11-7-5-4-6-8(2)9(10)12/h6,11H,3-5,7H2,1-2H3,(H2,10,12). The number of carbonyl (C=O) groups excluding carboxylic acids is 1. The van der Waals surface area contributed by atoms with Crippen LogP contribution >= 0.6 is 0 Å². The summed E-state index contributed by atoms with van der Waals surface area (Å²) in [5.74, 6) is -0.321. The van der Waals surface area contributed by atoms with Gasteiger partial charge in [-0.15, -0.1) is 0 Å². The SMILES string of the molecule is CCNCCCC=C(C)C(N)=O. The Morgan fingerprint density at radius 1 is 1.58 bits per heavy atom. The second-order valence-corrected chi connectivity index (χ2v) is 2.75. The van der Waals surface area contributed by atoms with Crippen LogP contribution in [0.15, 0.2) is 11.6 Å². The highest BCUT2D eigenvalue weighted by Gasteiger charge is 1.94. The zero-order chi connectivity index (χ0) is 9.40. The molecular formula is C9H18N2O. The number of carbonyl (C=O) groups is 1. The van der Waals surface area contributed by atoms with Crippen molar-refractivity contribution in [3.05, 3.63) is 11.6 Å². The molecule has 0 saturated carbocycles. The number of rotatable bonds is 6. The molecule has 0 bridgehead atoms. The summed E-state index contributed by atoms with van der Waals surface area (Å²) in [6.07, 6.45) is 3.86. The molecule has 0 fully saturated rings. The number of unbranched alkanes of at least 4 members (excludes halogenated alkanes) is 1. The van der Waals surface area contributed by atoms with Crippen LogP contribution in [0.4, 0.5) is 0 Å². The highest BCUT2D eigenvalue weighted by molar-refractivity contribution is 5.91. The minimum absolute atomic E-state index is 0.321. The minimum Gasteiger partial charge on any atom is -0.366 e. The second kappa shape index (κ2) is 6.85. The van der Waals surface area contributed by atoms with Crippen LogP contribution in [0.25, 0.3) is 0 Å². The van der Waals surface area contributed by atoms with Crippen LogP contribution in [0.2, 0.25) is 0 Å². The van der Waals surface area contributed by atoms with Crippen LogP contribution in [-0.2, 0) is 4.79 Å². The molecule has 3 N–H and O–H groups in total. The first-order valence-corrected chi connectivity index (χ1v) is 4.35. The van der Waals surface area contributed by atoms with E-state index in [0.29, 0.717) is 5.57 Å². The number of primary amides is 1. The molecule has 0 aliphatic carbocycles. The molecule has 0 atom stereocenters. The van der Waals surface area contributed by atoms with Crippen molar-refractivity contribution in [1.82, 2.24) is 5.32 Å². The van der Waals surface area contributed by atoms with Gasteiger partial charge in [0.1, 0.15) is 0 Å². The quantitative estimate of drug-likeness (QED) is 0.458. The first-order chi connectivity index (χ1) is 5.68. The lowest BCUT2D eigenvalue weighted by Gasteiger charge is -1.98. The molecule has 0 aromatic heterocycles. The molecule has 0 aliphatic rings. The Balaban J connectivity index is 3.40. The number of hydrogen-bond acceptors (Lipinski definition) is 2. The molecule has 0 aromatic carbocycles.